The Kier molecular flexibility index (Phi) is 5.40. The molecule has 0 aliphatic carbocycles. The third-order valence-corrected chi connectivity index (χ3v) is 1.85. The van der Waals surface area contributed by atoms with E-state index in [1.54, 1.807) is 6.92 Å². The molecule has 1 atom stereocenters. The average molecular weight is 216 g/mol. The highest BCUT2D eigenvalue weighted by Gasteiger charge is 2.28. The summed E-state index contributed by atoms with van der Waals surface area (Å²) in [6, 6.07) is 0. The summed E-state index contributed by atoms with van der Waals surface area (Å²) in [5.41, 5.74) is -1.43. The van der Waals surface area contributed by atoms with Crippen molar-refractivity contribution >= 4 is 0 Å². The van der Waals surface area contributed by atoms with Crippen molar-refractivity contribution < 1.29 is 28.1 Å². The topological polar surface area (TPSA) is 49.7 Å². The van der Waals surface area contributed by atoms with E-state index in [4.69, 9.17) is 5.11 Å². The molecule has 1 unspecified atom stereocenters. The normalized spacial score (nSPS) is 16.7. The molecule has 0 aliphatic rings. The third-order valence-electron chi connectivity index (χ3n) is 1.85. The monoisotopic (exact) mass is 216 g/mol. The van der Waals surface area contributed by atoms with Crippen molar-refractivity contribution in [2.24, 2.45) is 0 Å². The SMILES string of the molecule is CCC(O)(CO)COCCC(F)(F)F. The Bertz CT molecular complexity index is 154. The summed E-state index contributed by atoms with van der Waals surface area (Å²) in [7, 11) is 0. The van der Waals surface area contributed by atoms with Crippen LogP contribution in [0.5, 0.6) is 0 Å². The summed E-state index contributed by atoms with van der Waals surface area (Å²) >= 11 is 0. The van der Waals surface area contributed by atoms with Gasteiger partial charge in [0.2, 0.25) is 0 Å². The van der Waals surface area contributed by atoms with E-state index >= 15 is 0 Å². The van der Waals surface area contributed by atoms with Gasteiger partial charge >= 0.3 is 6.18 Å². The van der Waals surface area contributed by atoms with Crippen LogP contribution < -0.4 is 0 Å². The lowest BCUT2D eigenvalue weighted by Gasteiger charge is -2.23. The highest BCUT2D eigenvalue weighted by Crippen LogP contribution is 2.19. The van der Waals surface area contributed by atoms with Crippen LogP contribution in [0.15, 0.2) is 0 Å². The van der Waals surface area contributed by atoms with Gasteiger partial charge in [-0.2, -0.15) is 13.2 Å². The number of hydrogen-bond acceptors (Lipinski definition) is 3. The van der Waals surface area contributed by atoms with Crippen LogP contribution in [0.2, 0.25) is 0 Å². The minimum absolute atomic E-state index is 0.232. The van der Waals surface area contributed by atoms with Gasteiger partial charge in [0, 0.05) is 0 Å². The van der Waals surface area contributed by atoms with Crippen LogP contribution in [0, 0.1) is 0 Å². The maximum atomic E-state index is 11.6. The Hall–Kier alpha value is -0.330. The minimum Gasteiger partial charge on any atom is -0.393 e. The van der Waals surface area contributed by atoms with E-state index in [0.717, 1.165) is 0 Å². The van der Waals surface area contributed by atoms with Crippen molar-refractivity contribution in [3.8, 4) is 0 Å². The molecule has 14 heavy (non-hydrogen) atoms. The van der Waals surface area contributed by atoms with Crippen LogP contribution >= 0.6 is 0 Å². The molecule has 0 heterocycles. The first-order valence-electron chi connectivity index (χ1n) is 4.31. The smallest absolute Gasteiger partial charge is 0.391 e. The average Bonchev–Trinajstić information content (AvgIpc) is 2.11. The summed E-state index contributed by atoms with van der Waals surface area (Å²) in [6.45, 7) is 0.320. The molecule has 3 nitrogen and oxygen atoms in total. The largest absolute Gasteiger partial charge is 0.393 e. The van der Waals surface area contributed by atoms with E-state index in [2.05, 4.69) is 4.74 Å². The van der Waals surface area contributed by atoms with Gasteiger partial charge in [-0.05, 0) is 6.42 Å². The molecule has 0 amide bonds. The van der Waals surface area contributed by atoms with Gasteiger partial charge < -0.3 is 14.9 Å². The summed E-state index contributed by atoms with van der Waals surface area (Å²) < 4.78 is 39.6. The fourth-order valence-corrected chi connectivity index (χ4v) is 0.710. The van der Waals surface area contributed by atoms with Crippen LogP contribution in [0.25, 0.3) is 0 Å². The van der Waals surface area contributed by atoms with Gasteiger partial charge in [0.05, 0.1) is 26.2 Å². The summed E-state index contributed by atoms with van der Waals surface area (Å²) in [5, 5.41) is 18.1. The van der Waals surface area contributed by atoms with Gasteiger partial charge in [-0.1, -0.05) is 6.92 Å². The van der Waals surface area contributed by atoms with E-state index in [0.29, 0.717) is 0 Å². The molecule has 0 bridgehead atoms. The van der Waals surface area contributed by atoms with Crippen LogP contribution in [0.1, 0.15) is 19.8 Å². The van der Waals surface area contributed by atoms with Crippen molar-refractivity contribution in [2.75, 3.05) is 19.8 Å². The van der Waals surface area contributed by atoms with Crippen molar-refractivity contribution in [1.82, 2.24) is 0 Å². The molecule has 0 spiro atoms. The van der Waals surface area contributed by atoms with Crippen molar-refractivity contribution in [3.63, 3.8) is 0 Å². The van der Waals surface area contributed by atoms with E-state index in [-0.39, 0.29) is 13.0 Å². The van der Waals surface area contributed by atoms with Crippen LogP contribution in [0.3, 0.4) is 0 Å². The highest BCUT2D eigenvalue weighted by molar-refractivity contribution is 4.74. The van der Waals surface area contributed by atoms with E-state index in [9.17, 15) is 18.3 Å². The molecule has 0 rings (SSSR count). The third kappa shape index (κ3) is 6.17. The van der Waals surface area contributed by atoms with E-state index in [1.807, 2.05) is 0 Å². The van der Waals surface area contributed by atoms with Crippen LogP contribution in [0.4, 0.5) is 13.2 Å². The first kappa shape index (κ1) is 13.7. The standard InChI is InChI=1S/C8H15F3O3/c1-2-7(13,5-12)6-14-4-3-8(9,10)11/h12-13H,2-6H2,1H3. The second-order valence-electron chi connectivity index (χ2n) is 3.15. The Balaban J connectivity index is 3.63. The molecule has 0 aromatic carbocycles. The molecule has 2 N–H and O–H groups in total. The molecular formula is C8H15F3O3. The molecule has 0 saturated heterocycles. The number of hydrogen-bond donors (Lipinski definition) is 2. The maximum Gasteiger partial charge on any atom is 0.391 e. The number of aliphatic hydroxyl groups excluding tert-OH is 1. The summed E-state index contributed by atoms with van der Waals surface area (Å²) in [4.78, 5) is 0. The Morgan fingerprint density at radius 1 is 1.29 bits per heavy atom. The van der Waals surface area contributed by atoms with Gasteiger partial charge in [0.1, 0.15) is 5.60 Å². The molecule has 0 radical (unpaired) electrons. The first-order valence-corrected chi connectivity index (χ1v) is 4.31. The predicted molar refractivity (Wildman–Crippen MR) is 43.8 cm³/mol. The second-order valence-corrected chi connectivity index (χ2v) is 3.15. The molecule has 6 heteroatoms. The first-order chi connectivity index (χ1) is 6.33. The Morgan fingerprint density at radius 3 is 2.21 bits per heavy atom. The fraction of sp³-hybridized carbons (Fsp3) is 1.00. The number of rotatable bonds is 6. The van der Waals surface area contributed by atoms with Gasteiger partial charge in [0.25, 0.3) is 0 Å². The van der Waals surface area contributed by atoms with Crippen LogP contribution in [-0.2, 0) is 4.74 Å². The lowest BCUT2D eigenvalue weighted by atomic mass is 10.0. The molecule has 0 aliphatic heterocycles. The van der Waals surface area contributed by atoms with E-state index < -0.39 is 31.4 Å². The quantitative estimate of drug-likeness (QED) is 0.653. The van der Waals surface area contributed by atoms with Crippen LogP contribution in [-0.4, -0.2) is 41.8 Å². The number of aliphatic hydroxyl groups is 2. The summed E-state index contributed by atoms with van der Waals surface area (Å²) in [6.07, 6.45) is -5.06. The summed E-state index contributed by atoms with van der Waals surface area (Å²) in [5.74, 6) is 0. The lowest BCUT2D eigenvalue weighted by Crippen LogP contribution is -2.38. The molecule has 0 saturated carbocycles. The minimum atomic E-state index is -4.25. The maximum absolute atomic E-state index is 11.6. The number of ether oxygens (including phenoxy) is 1. The van der Waals surface area contributed by atoms with Gasteiger partial charge in [-0.25, -0.2) is 0 Å². The van der Waals surface area contributed by atoms with Crippen molar-refractivity contribution in [3.05, 3.63) is 0 Å². The van der Waals surface area contributed by atoms with Crippen molar-refractivity contribution in [2.45, 2.75) is 31.5 Å². The van der Waals surface area contributed by atoms with E-state index in [1.165, 1.54) is 0 Å². The van der Waals surface area contributed by atoms with Gasteiger partial charge in [-0.15, -0.1) is 0 Å². The molecule has 0 fully saturated rings. The molecular weight excluding hydrogens is 201 g/mol. The van der Waals surface area contributed by atoms with Gasteiger partial charge in [-0.3, -0.25) is 0 Å². The predicted octanol–water partition coefficient (Wildman–Crippen LogP) is 1.09. The molecule has 86 valence electrons. The zero-order valence-electron chi connectivity index (χ0n) is 7.97. The molecule has 0 aromatic rings. The highest BCUT2D eigenvalue weighted by atomic mass is 19.4. The lowest BCUT2D eigenvalue weighted by molar-refractivity contribution is -0.153. The fourth-order valence-electron chi connectivity index (χ4n) is 0.710. The second kappa shape index (κ2) is 5.53. The van der Waals surface area contributed by atoms with Crippen molar-refractivity contribution in [1.29, 1.82) is 0 Å². The number of halogens is 3. The zero-order valence-corrected chi connectivity index (χ0v) is 7.97. The van der Waals surface area contributed by atoms with Gasteiger partial charge in [0.15, 0.2) is 0 Å². The zero-order chi connectivity index (χ0) is 11.2. The Morgan fingerprint density at radius 2 is 1.86 bits per heavy atom. The molecule has 0 aromatic heterocycles. The Labute approximate surface area is 80.5 Å². The number of alkyl halides is 3.